The second kappa shape index (κ2) is 74.5. The van der Waals surface area contributed by atoms with Gasteiger partial charge in [-0.1, -0.05) is 388 Å². The Morgan fingerprint density at radius 1 is 0.284 bits per heavy atom. The Kier molecular flexibility index (Phi) is 73.1. The Labute approximate surface area is 626 Å². The first-order chi connectivity index (χ1) is 49.4. The molecular formula is C83H162O17P2. The number of rotatable bonds is 82. The zero-order valence-corrected chi connectivity index (χ0v) is 68.7. The summed E-state index contributed by atoms with van der Waals surface area (Å²) in [4.78, 5) is 73.1. The molecule has 0 aliphatic heterocycles. The van der Waals surface area contributed by atoms with Gasteiger partial charge in [0.2, 0.25) is 0 Å². The van der Waals surface area contributed by atoms with Crippen LogP contribution in [0.15, 0.2) is 0 Å². The Morgan fingerprint density at radius 2 is 0.500 bits per heavy atom. The lowest BCUT2D eigenvalue weighted by Crippen LogP contribution is -2.30. The molecule has 0 bridgehead atoms. The molecule has 6 atom stereocenters. The number of esters is 4. The summed E-state index contributed by atoms with van der Waals surface area (Å²) in [5.41, 5.74) is 0. The number of phosphoric ester groups is 2. The first-order valence-corrected chi connectivity index (χ1v) is 46.0. The van der Waals surface area contributed by atoms with Crippen LogP contribution in [0.25, 0.3) is 0 Å². The molecule has 102 heavy (non-hydrogen) atoms. The van der Waals surface area contributed by atoms with Gasteiger partial charge in [-0.15, -0.1) is 0 Å². The number of ether oxygens (including phenoxy) is 4. The van der Waals surface area contributed by atoms with Crippen LogP contribution in [0.1, 0.15) is 440 Å². The van der Waals surface area contributed by atoms with Crippen molar-refractivity contribution < 1.29 is 80.2 Å². The molecule has 0 aliphatic rings. The van der Waals surface area contributed by atoms with Crippen molar-refractivity contribution in [3.63, 3.8) is 0 Å². The summed E-state index contributed by atoms with van der Waals surface area (Å²) in [7, 11) is -9.92. The minimum atomic E-state index is -4.96. The van der Waals surface area contributed by atoms with Crippen molar-refractivity contribution >= 4 is 39.5 Å². The molecule has 0 rings (SSSR count). The van der Waals surface area contributed by atoms with Crippen molar-refractivity contribution in [1.29, 1.82) is 0 Å². The van der Waals surface area contributed by atoms with Crippen LogP contribution in [0.5, 0.6) is 0 Å². The SMILES string of the molecule is CCCCCCCCCCCCCCCCCCCC(=O)OC[C@H](COP(=O)(O)OC[C@@H](O)COP(=O)(O)OC[C@@H](COC(=O)CCCCCCCCCCCCCC)OC(=O)CCCCCCCCCCC(C)CC)OC(=O)CCCCCCCCCCCCCCCCCCCCC(C)C. The lowest BCUT2D eigenvalue weighted by atomic mass is 9.99. The van der Waals surface area contributed by atoms with E-state index in [0.717, 1.165) is 102 Å². The van der Waals surface area contributed by atoms with Gasteiger partial charge in [-0.3, -0.25) is 37.3 Å². The number of unbranched alkanes of at least 4 members (excludes halogenated alkanes) is 51. The average molecular weight is 1490 g/mol. The van der Waals surface area contributed by atoms with Crippen LogP contribution in [0.4, 0.5) is 0 Å². The fourth-order valence-electron chi connectivity index (χ4n) is 12.9. The number of hydrogen-bond donors (Lipinski definition) is 3. The largest absolute Gasteiger partial charge is 0.472 e. The molecule has 0 aromatic rings. The van der Waals surface area contributed by atoms with Crippen molar-refractivity contribution in [3.8, 4) is 0 Å². The van der Waals surface area contributed by atoms with Gasteiger partial charge in [0, 0.05) is 25.7 Å². The molecule has 0 saturated carbocycles. The summed E-state index contributed by atoms with van der Waals surface area (Å²) in [5, 5.41) is 10.7. The van der Waals surface area contributed by atoms with Crippen molar-refractivity contribution in [2.75, 3.05) is 39.6 Å². The van der Waals surface area contributed by atoms with Crippen LogP contribution in [0, 0.1) is 11.8 Å². The molecular weight excluding hydrogens is 1330 g/mol. The highest BCUT2D eigenvalue weighted by molar-refractivity contribution is 7.47. The number of carbonyl (C=O) groups excluding carboxylic acids is 4. The van der Waals surface area contributed by atoms with Crippen LogP contribution < -0.4 is 0 Å². The normalized spacial score (nSPS) is 14.1. The molecule has 0 amide bonds. The molecule has 0 aromatic carbocycles. The van der Waals surface area contributed by atoms with Gasteiger partial charge >= 0.3 is 39.5 Å². The molecule has 0 aromatic heterocycles. The highest BCUT2D eigenvalue weighted by Gasteiger charge is 2.30. The number of hydrogen-bond acceptors (Lipinski definition) is 15. The topological polar surface area (TPSA) is 237 Å². The van der Waals surface area contributed by atoms with Crippen molar-refractivity contribution in [2.24, 2.45) is 11.8 Å². The van der Waals surface area contributed by atoms with E-state index < -0.39 is 97.5 Å². The molecule has 19 heteroatoms. The summed E-state index contributed by atoms with van der Waals surface area (Å²) in [6.45, 7) is 9.68. The maximum absolute atomic E-state index is 13.1. The third-order valence-electron chi connectivity index (χ3n) is 19.8. The van der Waals surface area contributed by atoms with Crippen LogP contribution in [-0.2, 0) is 65.4 Å². The molecule has 0 spiro atoms. The van der Waals surface area contributed by atoms with Crippen LogP contribution in [-0.4, -0.2) is 96.7 Å². The van der Waals surface area contributed by atoms with E-state index in [4.69, 9.17) is 37.0 Å². The molecule has 17 nitrogen and oxygen atoms in total. The third-order valence-corrected chi connectivity index (χ3v) is 21.7. The highest BCUT2D eigenvalue weighted by atomic mass is 31.2. The van der Waals surface area contributed by atoms with E-state index in [1.165, 1.54) is 257 Å². The predicted molar refractivity (Wildman–Crippen MR) is 418 cm³/mol. The zero-order valence-electron chi connectivity index (χ0n) is 66.9. The summed E-state index contributed by atoms with van der Waals surface area (Å²) >= 11 is 0. The van der Waals surface area contributed by atoms with Gasteiger partial charge in [0.15, 0.2) is 12.2 Å². The number of aliphatic hydroxyl groups excluding tert-OH is 1. The fourth-order valence-corrected chi connectivity index (χ4v) is 14.4. The summed E-state index contributed by atoms with van der Waals surface area (Å²) in [5.74, 6) is -0.516. The van der Waals surface area contributed by atoms with Gasteiger partial charge in [0.25, 0.3) is 0 Å². The number of phosphoric acid groups is 2. The standard InChI is InChI=1S/C83H162O17P2/c1-7-10-12-14-16-18-20-22-23-26-30-33-37-41-48-54-60-66-81(86)93-71-78(99-82(87)67-61-55-49-42-38-34-31-28-25-24-27-29-32-35-39-45-51-57-63-75(4)5)73-97-101(89,90)95-69-77(84)70-96-102(91,92)98-74-79(100-83(88)68-62-56-50-44-43-46-52-58-64-76(6)9-3)72-94-80(85)65-59-53-47-40-36-21-19-17-15-13-11-8-2/h75-79,84H,7-74H2,1-6H3,(H,89,90)(H,91,92)/t76?,77-,78-,79-/m1/s1. The third kappa shape index (κ3) is 74.9. The monoisotopic (exact) mass is 1490 g/mol. The van der Waals surface area contributed by atoms with Gasteiger partial charge in [-0.05, 0) is 37.5 Å². The predicted octanol–water partition coefficient (Wildman–Crippen LogP) is 25.1. The second-order valence-electron chi connectivity index (χ2n) is 30.6. The molecule has 606 valence electrons. The number of aliphatic hydroxyl groups is 1. The molecule has 0 aliphatic carbocycles. The minimum Gasteiger partial charge on any atom is -0.462 e. The lowest BCUT2D eigenvalue weighted by Gasteiger charge is -2.21. The van der Waals surface area contributed by atoms with E-state index in [9.17, 15) is 43.2 Å². The minimum absolute atomic E-state index is 0.106. The average Bonchev–Trinajstić information content (AvgIpc) is 0.916. The van der Waals surface area contributed by atoms with E-state index >= 15 is 0 Å². The van der Waals surface area contributed by atoms with Gasteiger partial charge in [-0.2, -0.15) is 0 Å². The Balaban J connectivity index is 5.23. The van der Waals surface area contributed by atoms with Gasteiger partial charge in [0.05, 0.1) is 26.4 Å². The van der Waals surface area contributed by atoms with Crippen LogP contribution >= 0.6 is 15.6 Å². The molecule has 0 saturated heterocycles. The fraction of sp³-hybridized carbons (Fsp3) is 0.952. The van der Waals surface area contributed by atoms with E-state index in [0.29, 0.717) is 25.7 Å². The molecule has 3 N–H and O–H groups in total. The van der Waals surface area contributed by atoms with Crippen molar-refractivity contribution in [3.05, 3.63) is 0 Å². The Hall–Kier alpha value is -1.94. The van der Waals surface area contributed by atoms with E-state index in [1.54, 1.807) is 0 Å². The Bertz CT molecular complexity index is 1960. The van der Waals surface area contributed by atoms with Gasteiger partial charge in [-0.25, -0.2) is 9.13 Å². The maximum atomic E-state index is 13.1. The maximum Gasteiger partial charge on any atom is 0.472 e. The zero-order chi connectivity index (χ0) is 74.9. The van der Waals surface area contributed by atoms with Crippen LogP contribution in [0.3, 0.4) is 0 Å². The first-order valence-electron chi connectivity index (χ1n) is 43.0. The molecule has 0 heterocycles. The molecule has 0 fully saturated rings. The highest BCUT2D eigenvalue weighted by Crippen LogP contribution is 2.45. The van der Waals surface area contributed by atoms with Crippen molar-refractivity contribution in [2.45, 2.75) is 458 Å². The summed E-state index contributed by atoms with van der Waals surface area (Å²) in [6.07, 6.45) is 65.2. The summed E-state index contributed by atoms with van der Waals surface area (Å²) in [6, 6.07) is 0. The first kappa shape index (κ1) is 100. The van der Waals surface area contributed by atoms with E-state index in [-0.39, 0.29) is 25.7 Å². The lowest BCUT2D eigenvalue weighted by molar-refractivity contribution is -0.161. The van der Waals surface area contributed by atoms with E-state index in [1.807, 2.05) is 0 Å². The second-order valence-corrected chi connectivity index (χ2v) is 33.5. The summed E-state index contributed by atoms with van der Waals surface area (Å²) < 4.78 is 68.8. The molecule has 3 unspecified atom stereocenters. The van der Waals surface area contributed by atoms with Crippen LogP contribution in [0.2, 0.25) is 0 Å². The Morgan fingerprint density at radius 3 is 0.745 bits per heavy atom. The van der Waals surface area contributed by atoms with Gasteiger partial charge in [0.1, 0.15) is 19.3 Å². The smallest absolute Gasteiger partial charge is 0.462 e. The quantitative estimate of drug-likeness (QED) is 0.0222. The van der Waals surface area contributed by atoms with Gasteiger partial charge < -0.3 is 33.8 Å². The number of carbonyl (C=O) groups is 4. The van der Waals surface area contributed by atoms with E-state index in [2.05, 4.69) is 41.5 Å². The molecule has 0 radical (unpaired) electrons. The van der Waals surface area contributed by atoms with Crippen molar-refractivity contribution in [1.82, 2.24) is 0 Å².